The molecule has 1 fully saturated rings. The van der Waals surface area contributed by atoms with Gasteiger partial charge in [0.15, 0.2) is 0 Å². The molecule has 13 nitrogen and oxygen atoms in total. The first-order valence-electron chi connectivity index (χ1n) is 27.8. The number of nitrogens with zero attached hydrogens (tertiary/aromatic N) is 4. The van der Waals surface area contributed by atoms with Crippen molar-refractivity contribution in [2.24, 2.45) is 0 Å². The SMILES string of the molecule is CCCCCCCCCCCCCCCCCCN(CCCCCCCCCCCCCCCCCC)C(=O)CCCCC1(N(CC(=O)O)CC(=O)O)CN(CC(=O)O)CCN(CC(=O)O)C1. The molecule has 4 N–H and O–H groups in total. The molecule has 0 aromatic carbocycles. The standard InChI is InChI=1S/C54H102N4O9/c1-3-5-7-9-11-13-15-17-19-21-23-25-27-29-31-35-39-57(40-36-32-30-28-26-24-22-20-18-16-14-12-10-8-6-4-2)49(59)37-33-34-38-54(58(45-52(64)65)46-53(66)67)47-55(43-50(60)61)41-42-56(48-54)44-51(62)63/h3-48H2,1-2H3,(H,60,61)(H,62,63)(H,64,65)(H,66,67). The molecule has 392 valence electrons. The number of amides is 1. The maximum atomic E-state index is 13.9. The third-order valence-electron chi connectivity index (χ3n) is 14.0. The molecule has 1 saturated heterocycles. The van der Waals surface area contributed by atoms with Crippen LogP contribution in [0.25, 0.3) is 0 Å². The number of aliphatic carboxylic acids is 4. The summed E-state index contributed by atoms with van der Waals surface area (Å²) in [5, 5.41) is 39.1. The van der Waals surface area contributed by atoms with E-state index in [9.17, 15) is 44.4 Å². The summed E-state index contributed by atoms with van der Waals surface area (Å²) in [4.78, 5) is 68.4. The molecule has 0 aromatic heterocycles. The maximum absolute atomic E-state index is 13.9. The van der Waals surface area contributed by atoms with Crippen molar-refractivity contribution in [2.75, 3.05) is 65.4 Å². The molecule has 67 heavy (non-hydrogen) atoms. The summed E-state index contributed by atoms with van der Waals surface area (Å²) in [6.07, 6.45) is 43.0. The second-order valence-electron chi connectivity index (χ2n) is 20.3. The molecule has 1 heterocycles. The number of carboxylic acid groups (broad SMARTS) is 4. The van der Waals surface area contributed by atoms with Crippen LogP contribution in [-0.2, 0) is 24.0 Å². The van der Waals surface area contributed by atoms with E-state index >= 15 is 0 Å². The smallest absolute Gasteiger partial charge is 0.317 e. The minimum Gasteiger partial charge on any atom is -0.480 e. The van der Waals surface area contributed by atoms with Crippen LogP contribution in [0.2, 0.25) is 0 Å². The van der Waals surface area contributed by atoms with E-state index in [0.717, 1.165) is 38.8 Å². The second-order valence-corrected chi connectivity index (χ2v) is 20.3. The Morgan fingerprint density at radius 1 is 0.403 bits per heavy atom. The van der Waals surface area contributed by atoms with Crippen LogP contribution >= 0.6 is 0 Å². The zero-order chi connectivity index (χ0) is 49.2. The van der Waals surface area contributed by atoms with Crippen LogP contribution in [0.1, 0.15) is 245 Å². The first kappa shape index (κ1) is 62.2. The quantitative estimate of drug-likeness (QED) is 0.0425. The largest absolute Gasteiger partial charge is 0.480 e. The van der Waals surface area contributed by atoms with Gasteiger partial charge in [0.2, 0.25) is 5.91 Å². The predicted molar refractivity (Wildman–Crippen MR) is 272 cm³/mol. The van der Waals surface area contributed by atoms with Crippen LogP contribution in [0.5, 0.6) is 0 Å². The van der Waals surface area contributed by atoms with Crippen molar-refractivity contribution in [3.8, 4) is 0 Å². The molecule has 0 unspecified atom stereocenters. The third kappa shape index (κ3) is 35.1. The van der Waals surface area contributed by atoms with E-state index in [1.165, 1.54) is 185 Å². The van der Waals surface area contributed by atoms with Gasteiger partial charge in [0.25, 0.3) is 0 Å². The Morgan fingerprint density at radius 3 is 0.985 bits per heavy atom. The fourth-order valence-corrected chi connectivity index (χ4v) is 10.2. The molecule has 1 aliphatic rings. The summed E-state index contributed by atoms with van der Waals surface area (Å²) in [6, 6.07) is 0. The Balaban J connectivity index is 2.76. The average molecular weight is 951 g/mol. The van der Waals surface area contributed by atoms with Crippen molar-refractivity contribution >= 4 is 29.8 Å². The van der Waals surface area contributed by atoms with E-state index in [1.807, 2.05) is 4.90 Å². The molecule has 0 bridgehead atoms. The highest BCUT2D eigenvalue weighted by molar-refractivity contribution is 5.76. The molecule has 1 rings (SSSR count). The molecule has 1 aliphatic heterocycles. The van der Waals surface area contributed by atoms with Gasteiger partial charge < -0.3 is 25.3 Å². The number of unbranched alkanes of at least 4 members (excludes halogenated alkanes) is 31. The number of rotatable bonds is 48. The van der Waals surface area contributed by atoms with Crippen LogP contribution in [0, 0.1) is 0 Å². The van der Waals surface area contributed by atoms with E-state index in [1.54, 1.807) is 9.80 Å². The predicted octanol–water partition coefficient (Wildman–Crippen LogP) is 11.9. The topological polar surface area (TPSA) is 179 Å². The molecule has 13 heteroatoms. The first-order chi connectivity index (χ1) is 32.4. The monoisotopic (exact) mass is 951 g/mol. The van der Waals surface area contributed by atoms with Crippen molar-refractivity contribution in [3.05, 3.63) is 0 Å². The normalized spacial score (nSPS) is 14.4. The summed E-state index contributed by atoms with van der Waals surface area (Å²) in [5.74, 6) is -4.52. The van der Waals surface area contributed by atoms with Gasteiger partial charge in [-0.25, -0.2) is 0 Å². The molecular formula is C54H102N4O9. The molecule has 0 aromatic rings. The van der Waals surface area contributed by atoms with E-state index < -0.39 is 42.5 Å². The summed E-state index contributed by atoms with van der Waals surface area (Å²) >= 11 is 0. The van der Waals surface area contributed by atoms with Crippen LogP contribution in [-0.4, -0.2) is 141 Å². The van der Waals surface area contributed by atoms with Crippen LogP contribution in [0.4, 0.5) is 0 Å². The van der Waals surface area contributed by atoms with Gasteiger partial charge in [-0.3, -0.25) is 38.7 Å². The highest BCUT2D eigenvalue weighted by Gasteiger charge is 2.43. The third-order valence-corrected chi connectivity index (χ3v) is 14.0. The van der Waals surface area contributed by atoms with Crippen LogP contribution < -0.4 is 0 Å². The zero-order valence-electron chi connectivity index (χ0n) is 43.1. The van der Waals surface area contributed by atoms with Gasteiger partial charge in [0, 0.05) is 51.2 Å². The lowest BCUT2D eigenvalue weighted by molar-refractivity contribution is -0.148. The van der Waals surface area contributed by atoms with Gasteiger partial charge in [-0.2, -0.15) is 0 Å². The maximum Gasteiger partial charge on any atom is 0.317 e. The van der Waals surface area contributed by atoms with Crippen molar-refractivity contribution in [2.45, 2.75) is 251 Å². The Labute approximate surface area is 408 Å². The second kappa shape index (κ2) is 42.1. The van der Waals surface area contributed by atoms with Gasteiger partial charge in [-0.15, -0.1) is 0 Å². The molecule has 0 spiro atoms. The molecule has 0 aliphatic carbocycles. The first-order valence-corrected chi connectivity index (χ1v) is 27.8. The van der Waals surface area contributed by atoms with E-state index in [-0.39, 0.29) is 51.6 Å². The van der Waals surface area contributed by atoms with Gasteiger partial charge in [0.05, 0.1) is 26.2 Å². The summed E-state index contributed by atoms with van der Waals surface area (Å²) < 4.78 is 0. The van der Waals surface area contributed by atoms with Gasteiger partial charge in [-0.1, -0.05) is 213 Å². The summed E-state index contributed by atoms with van der Waals surface area (Å²) in [7, 11) is 0. The van der Waals surface area contributed by atoms with Crippen molar-refractivity contribution < 1.29 is 44.4 Å². The Bertz CT molecular complexity index is 1190. The van der Waals surface area contributed by atoms with Gasteiger partial charge in [0.1, 0.15) is 0 Å². The number of carbonyl (C=O) groups is 5. The van der Waals surface area contributed by atoms with E-state index in [4.69, 9.17) is 0 Å². The molecular weight excluding hydrogens is 849 g/mol. The van der Waals surface area contributed by atoms with E-state index in [0.29, 0.717) is 19.3 Å². The Hall–Kier alpha value is -2.77. The Kier molecular flexibility index (Phi) is 39.1. The van der Waals surface area contributed by atoms with Crippen molar-refractivity contribution in [3.63, 3.8) is 0 Å². The molecule has 0 radical (unpaired) electrons. The summed E-state index contributed by atoms with van der Waals surface area (Å²) in [6.45, 7) is 4.72. The van der Waals surface area contributed by atoms with Crippen molar-refractivity contribution in [1.82, 2.24) is 19.6 Å². The zero-order valence-corrected chi connectivity index (χ0v) is 43.1. The molecule has 0 atom stereocenters. The lowest BCUT2D eigenvalue weighted by atomic mass is 9.88. The minimum absolute atomic E-state index is 0.0640. The van der Waals surface area contributed by atoms with Crippen LogP contribution in [0.15, 0.2) is 0 Å². The van der Waals surface area contributed by atoms with Gasteiger partial charge >= 0.3 is 23.9 Å². The minimum atomic E-state index is -1.23. The van der Waals surface area contributed by atoms with E-state index in [2.05, 4.69) is 13.8 Å². The Morgan fingerprint density at radius 2 is 0.701 bits per heavy atom. The van der Waals surface area contributed by atoms with Gasteiger partial charge in [-0.05, 0) is 25.7 Å². The summed E-state index contributed by atoms with van der Waals surface area (Å²) in [5.41, 5.74) is -1.16. The van der Waals surface area contributed by atoms with Crippen LogP contribution in [0.3, 0.4) is 0 Å². The molecule has 1 amide bonds. The number of hydrogen-bond acceptors (Lipinski definition) is 8. The lowest BCUT2D eigenvalue weighted by Crippen LogP contribution is -2.62. The fourth-order valence-electron chi connectivity index (χ4n) is 10.2. The highest BCUT2D eigenvalue weighted by atomic mass is 16.4. The number of hydrogen-bond donors (Lipinski definition) is 4. The molecule has 0 saturated carbocycles. The fraction of sp³-hybridized carbons (Fsp3) is 0.907. The number of carbonyl (C=O) groups excluding carboxylic acids is 1. The lowest BCUT2D eigenvalue weighted by Gasteiger charge is -2.45. The highest BCUT2D eigenvalue weighted by Crippen LogP contribution is 2.29. The van der Waals surface area contributed by atoms with Crippen molar-refractivity contribution in [1.29, 1.82) is 0 Å². The number of carboxylic acids is 4. The average Bonchev–Trinajstić information content (AvgIpc) is 3.44.